The summed E-state index contributed by atoms with van der Waals surface area (Å²) < 4.78 is 19.7. The summed E-state index contributed by atoms with van der Waals surface area (Å²) in [6.45, 7) is 4.35. The van der Waals surface area contributed by atoms with Crippen LogP contribution in [0, 0.1) is 12.7 Å². The summed E-state index contributed by atoms with van der Waals surface area (Å²) in [5, 5.41) is 9.18. The summed E-state index contributed by atoms with van der Waals surface area (Å²) in [6, 6.07) is 4.96. The second-order valence-corrected chi connectivity index (χ2v) is 5.21. The maximum absolute atomic E-state index is 14.4. The van der Waals surface area contributed by atoms with E-state index in [1.165, 1.54) is 0 Å². The zero-order valence-corrected chi connectivity index (χ0v) is 12.4. The quantitative estimate of drug-likeness (QED) is 0.939. The van der Waals surface area contributed by atoms with E-state index in [-0.39, 0.29) is 12.2 Å². The van der Waals surface area contributed by atoms with E-state index >= 15 is 0 Å². The monoisotopic (exact) mass is 303 g/mol. The lowest BCUT2D eigenvalue weighted by molar-refractivity contribution is 0.122. The van der Waals surface area contributed by atoms with E-state index in [0.29, 0.717) is 36.0 Å². The van der Waals surface area contributed by atoms with Crippen LogP contribution in [0.4, 0.5) is 10.3 Å². The molecule has 1 aromatic heterocycles. The molecule has 0 radical (unpaired) electrons. The number of nitrogens with zero attached hydrogens (tertiary/aromatic N) is 3. The molecule has 116 valence electrons. The minimum Gasteiger partial charge on any atom is -0.392 e. The van der Waals surface area contributed by atoms with Crippen molar-refractivity contribution in [2.24, 2.45) is 0 Å². The molecular weight excluding hydrogens is 285 g/mol. The van der Waals surface area contributed by atoms with Gasteiger partial charge in [0.05, 0.1) is 25.5 Å². The highest BCUT2D eigenvalue weighted by Crippen LogP contribution is 2.27. The zero-order chi connectivity index (χ0) is 15.5. The molecule has 1 N–H and O–H groups in total. The van der Waals surface area contributed by atoms with Crippen LogP contribution in [-0.2, 0) is 11.3 Å². The molecule has 1 fully saturated rings. The van der Waals surface area contributed by atoms with E-state index in [2.05, 4.69) is 14.9 Å². The van der Waals surface area contributed by atoms with Gasteiger partial charge in [-0.15, -0.1) is 0 Å². The number of hydrogen-bond donors (Lipinski definition) is 1. The topological polar surface area (TPSA) is 58.5 Å². The molecule has 0 aliphatic carbocycles. The largest absolute Gasteiger partial charge is 0.392 e. The highest BCUT2D eigenvalue weighted by molar-refractivity contribution is 5.67. The number of benzene rings is 1. The summed E-state index contributed by atoms with van der Waals surface area (Å²) in [4.78, 5) is 10.9. The van der Waals surface area contributed by atoms with Crippen molar-refractivity contribution < 1.29 is 14.2 Å². The predicted molar refractivity (Wildman–Crippen MR) is 81.1 cm³/mol. The molecule has 0 saturated carbocycles. The van der Waals surface area contributed by atoms with Gasteiger partial charge in [0.15, 0.2) is 0 Å². The fourth-order valence-corrected chi connectivity index (χ4v) is 2.54. The lowest BCUT2D eigenvalue weighted by Gasteiger charge is -2.27. The lowest BCUT2D eigenvalue weighted by Crippen LogP contribution is -2.37. The van der Waals surface area contributed by atoms with Crippen LogP contribution in [0.1, 0.15) is 11.3 Å². The van der Waals surface area contributed by atoms with Crippen molar-refractivity contribution in [2.45, 2.75) is 13.5 Å². The normalized spacial score (nSPS) is 15.1. The predicted octanol–water partition coefficient (Wildman–Crippen LogP) is 1.92. The Morgan fingerprint density at radius 2 is 2.05 bits per heavy atom. The van der Waals surface area contributed by atoms with Gasteiger partial charge in [0.2, 0.25) is 5.95 Å². The molecule has 1 aromatic carbocycles. The van der Waals surface area contributed by atoms with E-state index in [1.807, 2.05) is 6.92 Å². The summed E-state index contributed by atoms with van der Waals surface area (Å²) in [7, 11) is 0. The first kappa shape index (κ1) is 14.9. The molecule has 1 aliphatic rings. The fourth-order valence-electron chi connectivity index (χ4n) is 2.54. The third-order valence-corrected chi connectivity index (χ3v) is 3.80. The standard InChI is InChI=1S/C16H18FN3O2/c1-11-14(13-4-2-3-12(10-21)15(13)17)9-18-16(19-11)20-5-7-22-8-6-20/h2-4,9,21H,5-8,10H2,1H3. The van der Waals surface area contributed by atoms with E-state index in [1.54, 1.807) is 24.4 Å². The number of rotatable bonds is 3. The molecule has 1 saturated heterocycles. The van der Waals surface area contributed by atoms with Crippen molar-refractivity contribution in [3.05, 3.63) is 41.5 Å². The lowest BCUT2D eigenvalue weighted by atomic mass is 10.0. The molecule has 0 amide bonds. The first-order chi connectivity index (χ1) is 10.7. The highest BCUT2D eigenvalue weighted by Gasteiger charge is 2.17. The molecule has 2 heterocycles. The minimum atomic E-state index is -0.421. The van der Waals surface area contributed by atoms with Crippen LogP contribution >= 0.6 is 0 Å². The van der Waals surface area contributed by atoms with Crippen LogP contribution in [0.2, 0.25) is 0 Å². The molecular formula is C16H18FN3O2. The van der Waals surface area contributed by atoms with Gasteiger partial charge in [-0.05, 0) is 6.92 Å². The SMILES string of the molecule is Cc1nc(N2CCOCC2)ncc1-c1cccc(CO)c1F. The van der Waals surface area contributed by atoms with E-state index in [9.17, 15) is 9.50 Å². The number of morpholine rings is 1. The number of ether oxygens (including phenoxy) is 1. The molecule has 0 atom stereocenters. The number of aliphatic hydroxyl groups is 1. The van der Waals surface area contributed by atoms with Crippen LogP contribution < -0.4 is 4.90 Å². The summed E-state index contributed by atoms with van der Waals surface area (Å²) in [5.41, 5.74) is 2.04. The van der Waals surface area contributed by atoms with Crippen molar-refractivity contribution in [1.29, 1.82) is 0 Å². The summed E-state index contributed by atoms with van der Waals surface area (Å²) in [6.07, 6.45) is 1.65. The molecule has 0 bridgehead atoms. The van der Waals surface area contributed by atoms with Gasteiger partial charge in [0, 0.05) is 36.0 Å². The van der Waals surface area contributed by atoms with Gasteiger partial charge in [0.25, 0.3) is 0 Å². The highest BCUT2D eigenvalue weighted by atomic mass is 19.1. The summed E-state index contributed by atoms with van der Waals surface area (Å²) >= 11 is 0. The molecule has 2 aromatic rings. The van der Waals surface area contributed by atoms with E-state index in [4.69, 9.17) is 4.74 Å². The number of anilines is 1. The Balaban J connectivity index is 1.95. The molecule has 0 unspecified atom stereocenters. The van der Waals surface area contributed by atoms with Crippen LogP contribution in [0.3, 0.4) is 0 Å². The smallest absolute Gasteiger partial charge is 0.225 e. The number of aliphatic hydroxyl groups excluding tert-OH is 1. The van der Waals surface area contributed by atoms with Gasteiger partial charge >= 0.3 is 0 Å². The molecule has 6 heteroatoms. The molecule has 22 heavy (non-hydrogen) atoms. The summed E-state index contributed by atoms with van der Waals surface area (Å²) in [5.74, 6) is 0.221. The molecule has 0 spiro atoms. The second-order valence-electron chi connectivity index (χ2n) is 5.21. The first-order valence-corrected chi connectivity index (χ1v) is 7.25. The number of aryl methyl sites for hydroxylation is 1. The molecule has 3 rings (SSSR count). The second kappa shape index (κ2) is 6.37. The van der Waals surface area contributed by atoms with Crippen molar-refractivity contribution in [3.8, 4) is 11.1 Å². The van der Waals surface area contributed by atoms with Crippen LogP contribution in [0.15, 0.2) is 24.4 Å². The Morgan fingerprint density at radius 1 is 1.27 bits per heavy atom. The van der Waals surface area contributed by atoms with E-state index in [0.717, 1.165) is 13.1 Å². The maximum atomic E-state index is 14.4. The van der Waals surface area contributed by atoms with Gasteiger partial charge in [-0.2, -0.15) is 0 Å². The van der Waals surface area contributed by atoms with Crippen molar-refractivity contribution in [2.75, 3.05) is 31.2 Å². The average molecular weight is 303 g/mol. The van der Waals surface area contributed by atoms with Gasteiger partial charge in [0.1, 0.15) is 5.82 Å². The van der Waals surface area contributed by atoms with Gasteiger partial charge in [-0.1, -0.05) is 18.2 Å². The Hall–Kier alpha value is -2.05. The maximum Gasteiger partial charge on any atom is 0.225 e. The third kappa shape index (κ3) is 2.80. The fraction of sp³-hybridized carbons (Fsp3) is 0.375. The van der Waals surface area contributed by atoms with Crippen LogP contribution in [0.5, 0.6) is 0 Å². The number of aromatic nitrogens is 2. The van der Waals surface area contributed by atoms with Crippen molar-refractivity contribution in [1.82, 2.24) is 9.97 Å². The van der Waals surface area contributed by atoms with Crippen LogP contribution in [-0.4, -0.2) is 41.4 Å². The Bertz CT molecular complexity index is 672. The van der Waals surface area contributed by atoms with Gasteiger partial charge < -0.3 is 14.7 Å². The van der Waals surface area contributed by atoms with Crippen molar-refractivity contribution >= 4 is 5.95 Å². The third-order valence-electron chi connectivity index (χ3n) is 3.80. The first-order valence-electron chi connectivity index (χ1n) is 7.25. The Kier molecular flexibility index (Phi) is 4.31. The van der Waals surface area contributed by atoms with Gasteiger partial charge in [-0.25, -0.2) is 14.4 Å². The molecule has 1 aliphatic heterocycles. The zero-order valence-electron chi connectivity index (χ0n) is 12.4. The Morgan fingerprint density at radius 3 is 2.73 bits per heavy atom. The minimum absolute atomic E-state index is 0.272. The number of hydrogen-bond acceptors (Lipinski definition) is 5. The van der Waals surface area contributed by atoms with E-state index < -0.39 is 5.82 Å². The van der Waals surface area contributed by atoms with Crippen molar-refractivity contribution in [3.63, 3.8) is 0 Å². The number of halogens is 1. The van der Waals surface area contributed by atoms with Crippen LogP contribution in [0.25, 0.3) is 11.1 Å². The average Bonchev–Trinajstić information content (AvgIpc) is 2.56. The Labute approximate surface area is 128 Å². The van der Waals surface area contributed by atoms with Gasteiger partial charge in [-0.3, -0.25) is 0 Å². The molecule has 5 nitrogen and oxygen atoms in total.